The molecule has 49 heavy (non-hydrogen) atoms. The van der Waals surface area contributed by atoms with Crippen LogP contribution in [0.25, 0.3) is 33.8 Å². The summed E-state index contributed by atoms with van der Waals surface area (Å²) in [5, 5.41) is 15.9. The molecule has 6 aliphatic rings. The van der Waals surface area contributed by atoms with E-state index in [9.17, 15) is 9.59 Å². The number of carbonyl (C=O) groups excluding carboxylic acids is 2. The van der Waals surface area contributed by atoms with Gasteiger partial charge in [0.15, 0.2) is 0 Å². The van der Waals surface area contributed by atoms with E-state index in [-0.39, 0.29) is 22.9 Å². The summed E-state index contributed by atoms with van der Waals surface area (Å²) < 4.78 is 0. The van der Waals surface area contributed by atoms with Gasteiger partial charge in [0, 0.05) is 70.6 Å². The number of amides is 2. The van der Waals surface area contributed by atoms with Crippen LogP contribution in [0.3, 0.4) is 0 Å². The first-order chi connectivity index (χ1) is 23.8. The summed E-state index contributed by atoms with van der Waals surface area (Å²) in [6.07, 6.45) is 15.1. The normalized spacial score (nSPS) is 19.0. The van der Waals surface area contributed by atoms with Crippen LogP contribution in [0.1, 0.15) is 85.7 Å². The number of halogens is 1. The van der Waals surface area contributed by atoms with Crippen molar-refractivity contribution in [1.29, 1.82) is 5.26 Å². The van der Waals surface area contributed by atoms with Gasteiger partial charge in [-0.2, -0.15) is 5.26 Å². The molecule has 2 amide bonds. The van der Waals surface area contributed by atoms with Crippen LogP contribution >= 0.6 is 11.6 Å². The minimum Gasteiger partial charge on any atom is -0.357 e. The Balaban J connectivity index is 0.000000130. The van der Waals surface area contributed by atoms with E-state index in [2.05, 4.69) is 41.6 Å². The third-order valence-electron chi connectivity index (χ3n) is 11.3. The highest BCUT2D eigenvalue weighted by Crippen LogP contribution is 2.47. The maximum atomic E-state index is 12.8. The van der Waals surface area contributed by atoms with Gasteiger partial charge in [0.25, 0.3) is 11.8 Å². The fourth-order valence-electron chi connectivity index (χ4n) is 8.34. The number of nitrogens with zero attached hydrogens (tertiary/aromatic N) is 4. The molecule has 242 valence electrons. The summed E-state index contributed by atoms with van der Waals surface area (Å²) in [6, 6.07) is 9.59. The van der Waals surface area contributed by atoms with Gasteiger partial charge >= 0.3 is 0 Å². The number of H-pyrrole nitrogens is 2. The summed E-state index contributed by atoms with van der Waals surface area (Å²) in [7, 11) is 0. The van der Waals surface area contributed by atoms with Crippen molar-refractivity contribution in [3.8, 4) is 39.8 Å². The van der Waals surface area contributed by atoms with Gasteiger partial charge in [-0.3, -0.25) is 14.6 Å². The predicted molar refractivity (Wildman–Crippen MR) is 182 cm³/mol. The first-order valence-corrected chi connectivity index (χ1v) is 17.3. The Bertz CT molecular complexity index is 2320. The van der Waals surface area contributed by atoms with E-state index in [1.165, 1.54) is 11.1 Å². The molecule has 2 saturated carbocycles. The second kappa shape index (κ2) is 10.1. The van der Waals surface area contributed by atoms with Crippen LogP contribution in [0.5, 0.6) is 0 Å². The zero-order valence-corrected chi connectivity index (χ0v) is 27.4. The third kappa shape index (κ3) is 4.56. The van der Waals surface area contributed by atoms with Crippen LogP contribution in [0.2, 0.25) is 5.15 Å². The number of carbonyl (C=O) groups is 2. The summed E-state index contributed by atoms with van der Waals surface area (Å²) in [4.78, 5) is 45.3. The maximum Gasteiger partial charge on any atom is 0.253 e. The first kappa shape index (κ1) is 28.7. The topological polar surface area (TPSA) is 152 Å². The molecule has 0 unspecified atom stereocenters. The minimum atomic E-state index is -0.00206. The molecule has 11 heteroatoms. The van der Waals surface area contributed by atoms with Crippen molar-refractivity contribution >= 4 is 23.4 Å². The zero-order valence-electron chi connectivity index (χ0n) is 26.6. The summed E-state index contributed by atoms with van der Waals surface area (Å²) in [6.45, 7) is 0. The SMILES string of the molecule is N#Cc1ccc(-c2cc3c(cn2)CCc2c-3[nH]c3c2C(=O)NC2(CC2)C3)cn1.O=C1NC2(CC2)Cc2[nH]c3c(c21)CCc1cnc(Cl)cc1-3. The van der Waals surface area contributed by atoms with Gasteiger partial charge in [-0.15, -0.1) is 0 Å². The average Bonchev–Trinajstić information content (AvgIpc) is 3.95. The van der Waals surface area contributed by atoms with Gasteiger partial charge < -0.3 is 20.6 Å². The molecule has 2 spiro atoms. The number of hydrogen-bond acceptors (Lipinski definition) is 6. The Labute approximate surface area is 286 Å². The van der Waals surface area contributed by atoms with E-state index in [1.54, 1.807) is 12.3 Å². The van der Waals surface area contributed by atoms with Gasteiger partial charge in [0.1, 0.15) is 16.9 Å². The maximum absolute atomic E-state index is 12.8. The largest absolute Gasteiger partial charge is 0.357 e. The third-order valence-corrected chi connectivity index (χ3v) is 11.5. The van der Waals surface area contributed by atoms with E-state index in [0.717, 1.165) is 132 Å². The van der Waals surface area contributed by atoms with Crippen LogP contribution in [0.15, 0.2) is 42.9 Å². The second-order valence-corrected chi connectivity index (χ2v) is 14.8. The van der Waals surface area contributed by atoms with Gasteiger partial charge in [-0.25, -0.2) is 9.97 Å². The molecule has 0 bridgehead atoms. The Morgan fingerprint density at radius 1 is 0.714 bits per heavy atom. The van der Waals surface area contributed by atoms with Crippen molar-refractivity contribution in [2.24, 2.45) is 0 Å². The summed E-state index contributed by atoms with van der Waals surface area (Å²) in [5.74, 6) is 0.167. The standard InChI is InChI=1S/C22H17N5O.C16H14ClN3O/c23-9-14-3-1-13(11-24-14)17-7-16-12(10-25-17)2-4-15-19-18(26-20(15)16)8-22(5-6-22)27-21(19)28;17-12-5-10-8(7-18-12)1-2-9-13-11(19-14(9)10)6-16(3-4-16)20-15(13)21/h1,3,7,10-11,26H,2,4-6,8H2,(H,27,28);5,7,19H,1-4,6H2,(H,20,21). The van der Waals surface area contributed by atoms with Crippen molar-refractivity contribution in [2.45, 2.75) is 75.3 Å². The highest BCUT2D eigenvalue weighted by Gasteiger charge is 2.50. The summed E-state index contributed by atoms with van der Waals surface area (Å²) >= 11 is 6.05. The smallest absolute Gasteiger partial charge is 0.253 e. The quantitative estimate of drug-likeness (QED) is 0.172. The van der Waals surface area contributed by atoms with E-state index in [0.29, 0.717) is 10.8 Å². The molecule has 0 atom stereocenters. The van der Waals surface area contributed by atoms with Crippen LogP contribution in [0, 0.1) is 11.3 Å². The molecule has 7 heterocycles. The highest BCUT2D eigenvalue weighted by molar-refractivity contribution is 6.29. The number of rotatable bonds is 1. The van der Waals surface area contributed by atoms with Crippen LogP contribution in [-0.2, 0) is 38.5 Å². The van der Waals surface area contributed by atoms with E-state index < -0.39 is 0 Å². The monoisotopic (exact) mass is 666 g/mol. The molecule has 0 saturated heterocycles. The van der Waals surface area contributed by atoms with Crippen molar-refractivity contribution in [2.75, 3.05) is 0 Å². The molecule has 2 aliphatic heterocycles. The van der Waals surface area contributed by atoms with Crippen molar-refractivity contribution in [3.05, 3.63) is 98.5 Å². The Morgan fingerprint density at radius 2 is 1.29 bits per heavy atom. The molecule has 10 nitrogen and oxygen atoms in total. The first-order valence-electron chi connectivity index (χ1n) is 16.9. The Morgan fingerprint density at radius 3 is 1.82 bits per heavy atom. The second-order valence-electron chi connectivity index (χ2n) is 14.4. The van der Waals surface area contributed by atoms with Gasteiger partial charge in [0.05, 0.1) is 28.2 Å². The van der Waals surface area contributed by atoms with Crippen molar-refractivity contribution < 1.29 is 9.59 Å². The number of nitriles is 1. The van der Waals surface area contributed by atoms with E-state index in [4.69, 9.17) is 16.9 Å². The number of aryl methyl sites for hydroxylation is 2. The number of pyridine rings is 3. The lowest BCUT2D eigenvalue weighted by Gasteiger charge is -2.24. The van der Waals surface area contributed by atoms with Gasteiger partial charge in [-0.1, -0.05) is 11.6 Å². The fraction of sp³-hybridized carbons (Fsp3) is 0.316. The molecule has 4 aliphatic carbocycles. The predicted octanol–water partition coefficient (Wildman–Crippen LogP) is 5.57. The lowest BCUT2D eigenvalue weighted by molar-refractivity contribution is 0.0908. The number of aromatic nitrogens is 5. The molecular formula is C38H31ClN8O2. The molecule has 0 aromatic carbocycles. The van der Waals surface area contributed by atoms with Crippen molar-refractivity contribution in [3.63, 3.8) is 0 Å². The molecule has 5 aromatic rings. The number of aromatic amines is 2. The van der Waals surface area contributed by atoms with Crippen LogP contribution in [0.4, 0.5) is 0 Å². The van der Waals surface area contributed by atoms with Crippen LogP contribution in [-0.4, -0.2) is 47.8 Å². The van der Waals surface area contributed by atoms with Crippen LogP contribution < -0.4 is 10.6 Å². The fourth-order valence-corrected chi connectivity index (χ4v) is 8.49. The number of hydrogen-bond donors (Lipinski definition) is 4. The Kier molecular flexibility index (Phi) is 5.93. The molecular weight excluding hydrogens is 636 g/mol. The van der Waals surface area contributed by atoms with Gasteiger partial charge in [-0.05, 0) is 97.9 Å². The zero-order chi connectivity index (χ0) is 33.1. The summed E-state index contributed by atoms with van der Waals surface area (Å²) in [5.41, 5.74) is 15.0. The van der Waals surface area contributed by atoms with E-state index in [1.807, 2.05) is 30.6 Å². The average molecular weight is 667 g/mol. The minimum absolute atomic E-state index is 0.00206. The lowest BCUT2D eigenvalue weighted by atomic mass is 9.87. The lowest BCUT2D eigenvalue weighted by Crippen LogP contribution is -2.43. The Hall–Kier alpha value is -5.27. The molecule has 5 aromatic heterocycles. The molecule has 2 fully saturated rings. The molecule has 0 radical (unpaired) electrons. The molecule has 11 rings (SSSR count). The number of nitrogens with one attached hydrogen (secondary N) is 4. The van der Waals surface area contributed by atoms with Gasteiger partial charge in [0.2, 0.25) is 0 Å². The number of fused-ring (bicyclic) bond motifs is 10. The van der Waals surface area contributed by atoms with E-state index >= 15 is 0 Å². The van der Waals surface area contributed by atoms with Crippen molar-refractivity contribution in [1.82, 2.24) is 35.6 Å². The highest BCUT2D eigenvalue weighted by atomic mass is 35.5. The molecule has 4 N–H and O–H groups in total.